The highest BCUT2D eigenvalue weighted by Crippen LogP contribution is 2.58. The molecule has 2 heterocycles. The predicted molar refractivity (Wildman–Crippen MR) is 131 cm³/mol. The molecule has 7 nitrogen and oxygen atoms in total. The van der Waals surface area contributed by atoms with Crippen LogP contribution in [-0.2, 0) is 14.3 Å². The molecule has 0 N–H and O–H groups in total. The average Bonchev–Trinajstić information content (AvgIpc) is 3.44. The van der Waals surface area contributed by atoms with E-state index in [1.807, 2.05) is 0 Å². The van der Waals surface area contributed by atoms with Gasteiger partial charge in [-0.2, -0.15) is 0 Å². The number of benzene rings is 3. The number of ether oxygens (including phenoxy) is 2. The summed E-state index contributed by atoms with van der Waals surface area (Å²) in [5, 5.41) is 0.742. The molecular weight excluding hydrogens is 505 g/mol. The third kappa shape index (κ3) is 2.91. The van der Waals surface area contributed by atoms with E-state index in [9.17, 15) is 19.2 Å². The molecule has 1 spiro atoms. The quantitative estimate of drug-likeness (QED) is 0.366. The van der Waals surface area contributed by atoms with Crippen LogP contribution >= 0.6 is 23.2 Å². The number of ketones is 2. The van der Waals surface area contributed by atoms with Crippen molar-refractivity contribution < 1.29 is 28.7 Å². The normalized spacial score (nSPS) is 24.0. The number of nitrogens with zero attached hydrogens (tertiary/aromatic N) is 1. The van der Waals surface area contributed by atoms with Crippen molar-refractivity contribution in [3.05, 3.63) is 93.5 Å². The maximum Gasteiger partial charge on any atom is 0.241 e. The standard InChI is InChI=1S/C27H17Cl2NO6/c1-35-19-11-10-15(29)12-18(19)30-25(33)20-21(26(30)34)27(36-22(20)13-6-8-14(28)9-7-13)23(31)16-4-2-3-5-17(16)24(27)32/h2-12,20-22H,1H3/t20-,21+,22-/m0/s1. The third-order valence-corrected chi connectivity index (χ3v) is 7.59. The molecule has 36 heavy (non-hydrogen) atoms. The Kier molecular flexibility index (Phi) is 5.09. The van der Waals surface area contributed by atoms with Gasteiger partial charge in [0.2, 0.25) is 29.0 Å². The number of fused-ring (bicyclic) bond motifs is 3. The molecule has 3 atom stereocenters. The van der Waals surface area contributed by atoms with Gasteiger partial charge in [-0.05, 0) is 35.9 Å². The van der Waals surface area contributed by atoms with Gasteiger partial charge in [-0.15, -0.1) is 0 Å². The number of halogens is 2. The van der Waals surface area contributed by atoms with Gasteiger partial charge in [0.25, 0.3) is 0 Å². The smallest absolute Gasteiger partial charge is 0.241 e. The van der Waals surface area contributed by atoms with Crippen LogP contribution in [0.3, 0.4) is 0 Å². The van der Waals surface area contributed by atoms with Crippen molar-refractivity contribution in [1.29, 1.82) is 0 Å². The van der Waals surface area contributed by atoms with Crippen LogP contribution in [0.25, 0.3) is 0 Å². The second kappa shape index (κ2) is 8.00. The summed E-state index contributed by atoms with van der Waals surface area (Å²) in [6.45, 7) is 0. The van der Waals surface area contributed by atoms with Crippen LogP contribution in [0.1, 0.15) is 32.4 Å². The van der Waals surface area contributed by atoms with Gasteiger partial charge in [0, 0.05) is 21.2 Å². The van der Waals surface area contributed by atoms with Crippen molar-refractivity contribution in [2.24, 2.45) is 11.8 Å². The molecule has 0 saturated carbocycles. The number of hydrogen-bond donors (Lipinski definition) is 0. The number of methoxy groups -OCH3 is 1. The van der Waals surface area contributed by atoms with E-state index in [1.54, 1.807) is 42.5 Å². The van der Waals surface area contributed by atoms with Gasteiger partial charge in [-0.1, -0.05) is 59.6 Å². The molecule has 9 heteroatoms. The zero-order chi connectivity index (χ0) is 25.4. The lowest BCUT2D eigenvalue weighted by Crippen LogP contribution is -2.51. The number of rotatable bonds is 3. The van der Waals surface area contributed by atoms with Gasteiger partial charge in [0.1, 0.15) is 5.75 Å². The predicted octanol–water partition coefficient (Wildman–Crippen LogP) is 4.70. The Hall–Kier alpha value is -3.52. The molecular formula is C27H17Cl2NO6. The number of carbonyl (C=O) groups is 4. The van der Waals surface area contributed by atoms with Crippen molar-refractivity contribution in [2.45, 2.75) is 11.7 Å². The Balaban J connectivity index is 1.56. The van der Waals surface area contributed by atoms with Gasteiger partial charge in [0.15, 0.2) is 0 Å². The van der Waals surface area contributed by atoms with Crippen molar-refractivity contribution in [2.75, 3.05) is 12.0 Å². The fraction of sp³-hybridized carbons (Fsp3) is 0.185. The highest BCUT2D eigenvalue weighted by Gasteiger charge is 2.74. The summed E-state index contributed by atoms with van der Waals surface area (Å²) >= 11 is 12.2. The minimum absolute atomic E-state index is 0.134. The topological polar surface area (TPSA) is 90.0 Å². The minimum Gasteiger partial charge on any atom is -0.495 e. The second-order valence-corrected chi connectivity index (χ2v) is 9.73. The molecule has 3 aromatic carbocycles. The van der Waals surface area contributed by atoms with E-state index in [1.165, 1.54) is 31.4 Å². The molecule has 180 valence electrons. The summed E-state index contributed by atoms with van der Waals surface area (Å²) in [7, 11) is 1.40. The minimum atomic E-state index is -2.16. The maximum absolute atomic E-state index is 14.0. The highest BCUT2D eigenvalue weighted by atomic mass is 35.5. The molecule has 1 aliphatic carbocycles. The van der Waals surface area contributed by atoms with Gasteiger partial charge in [-0.3, -0.25) is 19.2 Å². The first-order valence-corrected chi connectivity index (χ1v) is 11.9. The first kappa shape index (κ1) is 22.9. The van der Waals surface area contributed by atoms with Crippen LogP contribution < -0.4 is 9.64 Å². The zero-order valence-electron chi connectivity index (χ0n) is 18.7. The maximum atomic E-state index is 14.0. The van der Waals surface area contributed by atoms with Crippen LogP contribution in [0.5, 0.6) is 5.75 Å². The molecule has 2 fully saturated rings. The number of anilines is 1. The Morgan fingerprint density at radius 2 is 1.44 bits per heavy atom. The molecule has 3 aliphatic rings. The van der Waals surface area contributed by atoms with E-state index >= 15 is 0 Å². The lowest BCUT2D eigenvalue weighted by atomic mass is 9.77. The summed E-state index contributed by atoms with van der Waals surface area (Å²) in [5.41, 5.74) is -1.18. The number of hydrogen-bond acceptors (Lipinski definition) is 6. The third-order valence-electron chi connectivity index (χ3n) is 7.10. The summed E-state index contributed by atoms with van der Waals surface area (Å²) in [4.78, 5) is 56.5. The lowest BCUT2D eigenvalue weighted by molar-refractivity contribution is -0.127. The summed E-state index contributed by atoms with van der Waals surface area (Å²) in [5.74, 6) is -4.86. The van der Waals surface area contributed by atoms with Crippen LogP contribution in [0.2, 0.25) is 10.0 Å². The molecule has 6 rings (SSSR count). The van der Waals surface area contributed by atoms with E-state index < -0.39 is 46.9 Å². The lowest BCUT2D eigenvalue weighted by Gasteiger charge is -2.27. The fourth-order valence-electron chi connectivity index (χ4n) is 5.55. The number of carbonyl (C=O) groups excluding carboxylic acids is 4. The molecule has 2 amide bonds. The van der Waals surface area contributed by atoms with E-state index in [2.05, 4.69) is 0 Å². The van der Waals surface area contributed by atoms with Crippen molar-refractivity contribution in [3.63, 3.8) is 0 Å². The number of Topliss-reactive ketones (excluding diaryl/α,β-unsaturated/α-hetero) is 2. The van der Waals surface area contributed by atoms with Crippen molar-refractivity contribution in [1.82, 2.24) is 0 Å². The monoisotopic (exact) mass is 521 g/mol. The summed E-state index contributed by atoms with van der Waals surface area (Å²) in [6, 6.07) is 17.4. The number of imide groups is 1. The Labute approximate surface area is 215 Å². The van der Waals surface area contributed by atoms with Gasteiger partial charge in [-0.25, -0.2) is 4.90 Å². The summed E-state index contributed by atoms with van der Waals surface area (Å²) < 4.78 is 11.6. The van der Waals surface area contributed by atoms with Crippen LogP contribution in [0.15, 0.2) is 66.7 Å². The second-order valence-electron chi connectivity index (χ2n) is 8.86. The van der Waals surface area contributed by atoms with Gasteiger partial charge < -0.3 is 9.47 Å². The van der Waals surface area contributed by atoms with Gasteiger partial charge in [0.05, 0.1) is 30.7 Å². The largest absolute Gasteiger partial charge is 0.495 e. The summed E-state index contributed by atoms with van der Waals surface area (Å²) in [6.07, 6.45) is -1.04. The van der Waals surface area contributed by atoms with Crippen LogP contribution in [-0.4, -0.2) is 36.1 Å². The van der Waals surface area contributed by atoms with E-state index in [4.69, 9.17) is 32.7 Å². The van der Waals surface area contributed by atoms with Crippen molar-refractivity contribution in [3.8, 4) is 5.75 Å². The molecule has 2 aliphatic heterocycles. The highest BCUT2D eigenvalue weighted by molar-refractivity contribution is 6.37. The molecule has 0 bridgehead atoms. The molecule has 2 saturated heterocycles. The Morgan fingerprint density at radius 1 is 0.833 bits per heavy atom. The molecule has 0 unspecified atom stereocenters. The van der Waals surface area contributed by atoms with Crippen LogP contribution in [0.4, 0.5) is 5.69 Å². The Bertz CT molecular complexity index is 1450. The fourth-order valence-corrected chi connectivity index (χ4v) is 5.84. The molecule has 3 aromatic rings. The van der Waals surface area contributed by atoms with Crippen molar-refractivity contribution >= 4 is 52.3 Å². The average molecular weight is 522 g/mol. The van der Waals surface area contributed by atoms with E-state index in [-0.39, 0.29) is 27.6 Å². The van der Waals surface area contributed by atoms with E-state index in [0.29, 0.717) is 10.6 Å². The van der Waals surface area contributed by atoms with Gasteiger partial charge >= 0.3 is 0 Å². The first-order valence-electron chi connectivity index (χ1n) is 11.1. The molecule has 0 radical (unpaired) electrons. The SMILES string of the molecule is COc1ccc(Cl)cc1N1C(=O)[C@@H]2[C@H](c3ccc(Cl)cc3)OC3(C(=O)c4ccccc4C3=O)[C@H]2C1=O. The van der Waals surface area contributed by atoms with E-state index in [0.717, 1.165) is 4.90 Å². The Morgan fingerprint density at radius 3 is 2.06 bits per heavy atom. The molecule has 0 aromatic heterocycles. The van der Waals surface area contributed by atoms with Crippen LogP contribution in [0, 0.1) is 11.8 Å². The zero-order valence-corrected chi connectivity index (χ0v) is 20.2. The number of amides is 2. The first-order chi connectivity index (χ1) is 17.3.